The van der Waals surface area contributed by atoms with Crippen LogP contribution >= 0.6 is 0 Å². The van der Waals surface area contributed by atoms with Gasteiger partial charge < -0.3 is 9.30 Å². The molecular formula is C16H17N5O4S. The van der Waals surface area contributed by atoms with E-state index in [1.165, 1.54) is 6.20 Å². The molecule has 10 heteroatoms. The van der Waals surface area contributed by atoms with Gasteiger partial charge in [0, 0.05) is 5.39 Å². The number of anilines is 1. The third-order valence-electron chi connectivity index (χ3n) is 3.66. The molecule has 0 saturated carbocycles. The van der Waals surface area contributed by atoms with Gasteiger partial charge in [0.15, 0.2) is 5.82 Å². The highest BCUT2D eigenvalue weighted by Gasteiger charge is 2.08. The second-order valence-corrected chi connectivity index (χ2v) is 7.43. The van der Waals surface area contributed by atoms with Crippen LogP contribution in [0, 0.1) is 11.8 Å². The van der Waals surface area contributed by atoms with Crippen LogP contribution in [0.2, 0.25) is 0 Å². The molecule has 0 spiro atoms. The van der Waals surface area contributed by atoms with Gasteiger partial charge in [-0.3, -0.25) is 4.72 Å². The van der Waals surface area contributed by atoms with Crippen molar-refractivity contribution in [3.63, 3.8) is 0 Å². The number of nitrogens with zero attached hydrogens (tertiary/aromatic N) is 4. The molecule has 2 heterocycles. The van der Waals surface area contributed by atoms with E-state index in [2.05, 4.69) is 19.9 Å². The van der Waals surface area contributed by atoms with Crippen LogP contribution in [0.5, 0.6) is 5.75 Å². The second-order valence-electron chi connectivity index (χ2n) is 5.68. The first-order chi connectivity index (χ1) is 12.4. The molecule has 26 heavy (non-hydrogen) atoms. The van der Waals surface area contributed by atoms with Crippen molar-refractivity contribution < 1.29 is 13.2 Å². The van der Waals surface area contributed by atoms with Crippen LogP contribution < -0.4 is 9.46 Å². The molecule has 9 nitrogen and oxygen atoms in total. The number of nitroso groups, excluding NO2 is 1. The summed E-state index contributed by atoms with van der Waals surface area (Å²) in [5, 5.41) is 3.74. The molecule has 0 atom stereocenters. The fourth-order valence-corrected chi connectivity index (χ4v) is 2.99. The molecule has 1 aromatic carbocycles. The quantitative estimate of drug-likeness (QED) is 0.635. The number of ether oxygens (including phenoxy) is 1. The first kappa shape index (κ1) is 17.8. The lowest BCUT2D eigenvalue weighted by Crippen LogP contribution is -2.10. The zero-order chi connectivity index (χ0) is 18.7. The Bertz CT molecular complexity index is 1060. The fourth-order valence-electron chi connectivity index (χ4n) is 2.50. The number of rotatable bonds is 7. The Morgan fingerprint density at radius 2 is 2.08 bits per heavy atom. The van der Waals surface area contributed by atoms with E-state index in [1.807, 2.05) is 6.07 Å². The molecule has 0 saturated heterocycles. The van der Waals surface area contributed by atoms with Gasteiger partial charge in [-0.1, -0.05) is 0 Å². The highest BCUT2D eigenvalue weighted by Crippen LogP contribution is 2.22. The van der Waals surface area contributed by atoms with Crippen LogP contribution in [0.3, 0.4) is 0 Å². The summed E-state index contributed by atoms with van der Waals surface area (Å²) < 4.78 is 32.3. The van der Waals surface area contributed by atoms with Crippen molar-refractivity contribution in [2.75, 3.05) is 17.6 Å². The Morgan fingerprint density at radius 1 is 1.27 bits per heavy atom. The zero-order valence-corrected chi connectivity index (χ0v) is 15.0. The number of hydrogen-bond donors (Lipinski definition) is 1. The topological polar surface area (TPSA) is 116 Å². The van der Waals surface area contributed by atoms with E-state index < -0.39 is 10.0 Å². The number of nitrogens with one attached hydrogen (secondary N) is 1. The second kappa shape index (κ2) is 7.08. The van der Waals surface area contributed by atoms with Crippen LogP contribution in [0.25, 0.3) is 10.9 Å². The third kappa shape index (κ3) is 4.14. The van der Waals surface area contributed by atoms with E-state index in [1.54, 1.807) is 35.8 Å². The standard InChI is InChI=1S/C16H17N5O4S/c1-11-17-10-16(19-22)21(11)7-8-25-13-4-5-14-12(9-13)3-6-15(18-14)20-26(2,23)24/h3-6,9-10H,7-8H2,1-2H3,(H,18,20). The average molecular weight is 375 g/mol. The molecule has 3 aromatic rings. The van der Waals surface area contributed by atoms with Gasteiger partial charge in [-0.25, -0.2) is 18.4 Å². The number of benzene rings is 1. The summed E-state index contributed by atoms with van der Waals surface area (Å²) in [6, 6.07) is 8.66. The Balaban J connectivity index is 1.70. The summed E-state index contributed by atoms with van der Waals surface area (Å²) in [6.45, 7) is 2.57. The summed E-state index contributed by atoms with van der Waals surface area (Å²) >= 11 is 0. The number of hydrogen-bond acceptors (Lipinski definition) is 7. The Labute approximate surface area is 150 Å². The van der Waals surface area contributed by atoms with Crippen LogP contribution in [-0.4, -0.2) is 35.8 Å². The normalized spacial score (nSPS) is 11.5. The van der Waals surface area contributed by atoms with E-state index in [4.69, 9.17) is 4.74 Å². The molecule has 3 rings (SSSR count). The lowest BCUT2D eigenvalue weighted by Gasteiger charge is -2.10. The van der Waals surface area contributed by atoms with Crippen LogP contribution in [0.4, 0.5) is 11.6 Å². The molecule has 0 aliphatic carbocycles. The maximum Gasteiger partial charge on any atom is 0.230 e. The summed E-state index contributed by atoms with van der Waals surface area (Å²) in [4.78, 5) is 19.0. The Kier molecular flexibility index (Phi) is 4.85. The molecular weight excluding hydrogens is 358 g/mol. The predicted octanol–water partition coefficient (Wildman–Crippen LogP) is 2.59. The molecule has 0 unspecified atom stereocenters. The van der Waals surface area contributed by atoms with Crippen molar-refractivity contribution in [2.24, 2.45) is 5.18 Å². The SMILES string of the molecule is Cc1ncc(N=O)n1CCOc1ccc2nc(NS(C)(=O)=O)ccc2c1. The first-order valence-electron chi connectivity index (χ1n) is 7.72. The predicted molar refractivity (Wildman–Crippen MR) is 98.1 cm³/mol. The fraction of sp³-hybridized carbons (Fsp3) is 0.250. The molecule has 0 amide bonds. The summed E-state index contributed by atoms with van der Waals surface area (Å²) in [6.07, 6.45) is 2.50. The van der Waals surface area contributed by atoms with Crippen molar-refractivity contribution in [2.45, 2.75) is 13.5 Å². The molecule has 0 radical (unpaired) electrons. The van der Waals surface area contributed by atoms with Crippen molar-refractivity contribution in [1.82, 2.24) is 14.5 Å². The number of aromatic nitrogens is 3. The van der Waals surface area contributed by atoms with Crippen molar-refractivity contribution in [1.29, 1.82) is 0 Å². The number of sulfonamides is 1. The van der Waals surface area contributed by atoms with E-state index in [0.29, 0.717) is 30.2 Å². The van der Waals surface area contributed by atoms with Gasteiger partial charge in [0.1, 0.15) is 24.0 Å². The maximum atomic E-state index is 11.3. The lowest BCUT2D eigenvalue weighted by atomic mass is 10.2. The number of fused-ring (bicyclic) bond motifs is 1. The van der Waals surface area contributed by atoms with Gasteiger partial charge in [-0.2, -0.15) is 0 Å². The monoisotopic (exact) mass is 375 g/mol. The van der Waals surface area contributed by atoms with Crippen LogP contribution in [-0.2, 0) is 16.6 Å². The highest BCUT2D eigenvalue weighted by molar-refractivity contribution is 7.92. The minimum atomic E-state index is -3.37. The molecule has 0 bridgehead atoms. The Morgan fingerprint density at radius 3 is 2.81 bits per heavy atom. The zero-order valence-electron chi connectivity index (χ0n) is 14.2. The smallest absolute Gasteiger partial charge is 0.230 e. The minimum absolute atomic E-state index is 0.262. The molecule has 0 aliphatic heterocycles. The van der Waals surface area contributed by atoms with Gasteiger partial charge >= 0.3 is 0 Å². The van der Waals surface area contributed by atoms with E-state index in [-0.39, 0.29) is 11.6 Å². The van der Waals surface area contributed by atoms with E-state index >= 15 is 0 Å². The van der Waals surface area contributed by atoms with Crippen molar-refractivity contribution in [3.8, 4) is 5.75 Å². The Hall–Kier alpha value is -3.01. The molecule has 0 fully saturated rings. The molecule has 136 valence electrons. The molecule has 0 aliphatic rings. The molecule has 2 aromatic heterocycles. The first-order valence-corrected chi connectivity index (χ1v) is 9.62. The van der Waals surface area contributed by atoms with E-state index in [9.17, 15) is 13.3 Å². The minimum Gasteiger partial charge on any atom is -0.492 e. The van der Waals surface area contributed by atoms with Crippen molar-refractivity contribution in [3.05, 3.63) is 47.3 Å². The lowest BCUT2D eigenvalue weighted by molar-refractivity contribution is 0.298. The van der Waals surface area contributed by atoms with Gasteiger partial charge in [0.05, 0.1) is 24.5 Å². The summed E-state index contributed by atoms with van der Waals surface area (Å²) in [5.74, 6) is 1.86. The van der Waals surface area contributed by atoms with Gasteiger partial charge in [-0.15, -0.1) is 4.91 Å². The summed E-state index contributed by atoms with van der Waals surface area (Å²) in [7, 11) is -3.37. The number of aryl methyl sites for hydroxylation is 1. The number of pyridine rings is 1. The van der Waals surface area contributed by atoms with Crippen LogP contribution in [0.1, 0.15) is 5.82 Å². The van der Waals surface area contributed by atoms with E-state index in [0.717, 1.165) is 11.6 Å². The van der Waals surface area contributed by atoms with Gasteiger partial charge in [0.2, 0.25) is 10.0 Å². The summed E-state index contributed by atoms with van der Waals surface area (Å²) in [5.41, 5.74) is 0.642. The van der Waals surface area contributed by atoms with Gasteiger partial charge in [-0.05, 0) is 42.4 Å². The third-order valence-corrected chi connectivity index (χ3v) is 4.24. The average Bonchev–Trinajstić information content (AvgIpc) is 2.94. The van der Waals surface area contributed by atoms with Gasteiger partial charge in [0.25, 0.3) is 0 Å². The van der Waals surface area contributed by atoms with Crippen LogP contribution in [0.15, 0.2) is 41.7 Å². The largest absolute Gasteiger partial charge is 0.492 e. The number of imidazole rings is 1. The molecule has 1 N–H and O–H groups in total. The maximum absolute atomic E-state index is 11.3. The van der Waals surface area contributed by atoms with Crippen molar-refractivity contribution >= 4 is 32.6 Å². The highest BCUT2D eigenvalue weighted by atomic mass is 32.2.